The molecule has 0 spiro atoms. The highest BCUT2D eigenvalue weighted by molar-refractivity contribution is 5.83. The molecule has 0 aromatic heterocycles. The molecule has 0 bridgehead atoms. The molecule has 1 rings (SSSR count). The van der Waals surface area contributed by atoms with Crippen molar-refractivity contribution in [2.24, 2.45) is 11.8 Å². The van der Waals surface area contributed by atoms with Crippen LogP contribution >= 0.6 is 0 Å². The molecule has 2 unspecified atom stereocenters. The van der Waals surface area contributed by atoms with Gasteiger partial charge in [0.15, 0.2) is 0 Å². The molecule has 1 saturated carbocycles. The Hall–Kier alpha value is -1.58. The van der Waals surface area contributed by atoms with E-state index in [0.29, 0.717) is 24.4 Å². The first-order valence-corrected chi connectivity index (χ1v) is 6.16. The van der Waals surface area contributed by atoms with Gasteiger partial charge in [-0.05, 0) is 26.7 Å². The van der Waals surface area contributed by atoms with Crippen LogP contribution in [-0.4, -0.2) is 11.9 Å². The van der Waals surface area contributed by atoms with Crippen LogP contribution < -0.4 is 0 Å². The van der Waals surface area contributed by atoms with E-state index in [9.17, 15) is 9.59 Å². The molecule has 2 atom stereocenters. The molecule has 1 fully saturated rings. The number of carbonyl (C=O) groups excluding carboxylic acids is 2. The first-order valence-electron chi connectivity index (χ1n) is 6.16. The second-order valence-electron chi connectivity index (χ2n) is 4.74. The van der Waals surface area contributed by atoms with Gasteiger partial charge in [0.2, 0.25) is 0 Å². The van der Waals surface area contributed by atoms with Gasteiger partial charge >= 0.3 is 11.9 Å². The highest BCUT2D eigenvalue weighted by atomic mass is 16.5. The van der Waals surface area contributed by atoms with E-state index in [4.69, 9.17) is 9.47 Å². The predicted molar refractivity (Wildman–Crippen MR) is 67.3 cm³/mol. The molecule has 0 heterocycles. The topological polar surface area (TPSA) is 52.6 Å². The molecule has 0 amide bonds. The summed E-state index contributed by atoms with van der Waals surface area (Å²) >= 11 is 0. The standard InChI is InChI=1S/C14H20O4/c1-9(2)17-13(15)11-7-5-6-8-12(11)14(16)18-10(3)4/h11-12H,1,3,5-8H2,2,4H3. The molecule has 100 valence electrons. The van der Waals surface area contributed by atoms with Crippen LogP contribution in [0.5, 0.6) is 0 Å². The van der Waals surface area contributed by atoms with E-state index >= 15 is 0 Å². The molecule has 0 N–H and O–H groups in total. The van der Waals surface area contributed by atoms with Crippen molar-refractivity contribution in [3.8, 4) is 0 Å². The lowest BCUT2D eigenvalue weighted by atomic mass is 9.79. The van der Waals surface area contributed by atoms with Crippen LogP contribution in [0.1, 0.15) is 39.5 Å². The zero-order chi connectivity index (χ0) is 13.7. The Morgan fingerprint density at radius 2 is 1.22 bits per heavy atom. The molecule has 18 heavy (non-hydrogen) atoms. The van der Waals surface area contributed by atoms with Crippen molar-refractivity contribution < 1.29 is 19.1 Å². The first kappa shape index (κ1) is 14.5. The van der Waals surface area contributed by atoms with E-state index in [2.05, 4.69) is 13.2 Å². The summed E-state index contributed by atoms with van der Waals surface area (Å²) in [6.45, 7) is 10.3. The molecule has 0 aromatic rings. The Morgan fingerprint density at radius 3 is 1.50 bits per heavy atom. The molecular formula is C14H20O4. The normalized spacial score (nSPS) is 23.0. The summed E-state index contributed by atoms with van der Waals surface area (Å²) in [4.78, 5) is 23.8. The number of carbonyl (C=O) groups is 2. The number of ether oxygens (including phenoxy) is 2. The average Bonchev–Trinajstić information content (AvgIpc) is 2.27. The molecule has 1 aliphatic carbocycles. The van der Waals surface area contributed by atoms with Crippen molar-refractivity contribution in [2.75, 3.05) is 0 Å². The third-order valence-electron chi connectivity index (χ3n) is 2.92. The third kappa shape index (κ3) is 4.02. The molecule has 4 nitrogen and oxygen atoms in total. The van der Waals surface area contributed by atoms with Gasteiger partial charge in [-0.15, -0.1) is 0 Å². The van der Waals surface area contributed by atoms with Gasteiger partial charge in [0.1, 0.15) is 0 Å². The molecule has 1 aliphatic rings. The van der Waals surface area contributed by atoms with Crippen molar-refractivity contribution in [3.05, 3.63) is 24.7 Å². The summed E-state index contributed by atoms with van der Waals surface area (Å²) in [5, 5.41) is 0. The van der Waals surface area contributed by atoms with Crippen LogP contribution in [0.25, 0.3) is 0 Å². The number of hydrogen-bond donors (Lipinski definition) is 0. The lowest BCUT2D eigenvalue weighted by molar-refractivity contribution is -0.158. The van der Waals surface area contributed by atoms with Crippen molar-refractivity contribution in [3.63, 3.8) is 0 Å². The number of rotatable bonds is 4. The molecule has 0 aromatic carbocycles. The summed E-state index contributed by atoms with van der Waals surface area (Å²) in [5.74, 6) is -0.934. The fraction of sp³-hybridized carbons (Fsp3) is 0.571. The van der Waals surface area contributed by atoms with Crippen molar-refractivity contribution >= 4 is 11.9 Å². The van der Waals surface area contributed by atoms with Crippen LogP contribution in [-0.2, 0) is 19.1 Å². The minimum absolute atomic E-state index is 0.345. The lowest BCUT2D eigenvalue weighted by Gasteiger charge is -2.28. The summed E-state index contributed by atoms with van der Waals surface area (Å²) in [6.07, 6.45) is 3.16. The monoisotopic (exact) mass is 252 g/mol. The van der Waals surface area contributed by atoms with Gasteiger partial charge in [-0.3, -0.25) is 9.59 Å². The van der Waals surface area contributed by atoms with E-state index in [1.54, 1.807) is 13.8 Å². The molecule has 0 saturated heterocycles. The fourth-order valence-electron chi connectivity index (χ4n) is 2.19. The molecule has 0 radical (unpaired) electrons. The second-order valence-corrected chi connectivity index (χ2v) is 4.74. The average molecular weight is 252 g/mol. The van der Waals surface area contributed by atoms with Crippen LogP contribution in [0.3, 0.4) is 0 Å². The quantitative estimate of drug-likeness (QED) is 0.570. The maximum Gasteiger partial charge on any atom is 0.314 e. The highest BCUT2D eigenvalue weighted by Gasteiger charge is 2.38. The number of allylic oxidation sites excluding steroid dienone is 2. The largest absolute Gasteiger partial charge is 0.432 e. The Balaban J connectivity index is 2.73. The third-order valence-corrected chi connectivity index (χ3v) is 2.92. The Bertz CT molecular complexity index is 334. The van der Waals surface area contributed by atoms with Crippen LogP contribution in [0.2, 0.25) is 0 Å². The van der Waals surface area contributed by atoms with Gasteiger partial charge in [-0.25, -0.2) is 0 Å². The van der Waals surface area contributed by atoms with Gasteiger partial charge in [0.05, 0.1) is 23.4 Å². The maximum absolute atomic E-state index is 11.9. The van der Waals surface area contributed by atoms with Crippen molar-refractivity contribution in [1.29, 1.82) is 0 Å². The van der Waals surface area contributed by atoms with Gasteiger partial charge in [-0.1, -0.05) is 26.0 Å². The van der Waals surface area contributed by atoms with E-state index < -0.39 is 11.8 Å². The molecular weight excluding hydrogens is 232 g/mol. The fourth-order valence-corrected chi connectivity index (χ4v) is 2.19. The smallest absolute Gasteiger partial charge is 0.314 e. The van der Waals surface area contributed by atoms with E-state index in [-0.39, 0.29) is 11.9 Å². The van der Waals surface area contributed by atoms with E-state index in [0.717, 1.165) is 12.8 Å². The lowest BCUT2D eigenvalue weighted by Crippen LogP contribution is -2.34. The Morgan fingerprint density at radius 1 is 0.889 bits per heavy atom. The van der Waals surface area contributed by atoms with Gasteiger partial charge < -0.3 is 9.47 Å². The summed E-state index contributed by atoms with van der Waals surface area (Å²) in [5.41, 5.74) is 0. The minimum atomic E-state index is -0.428. The molecule has 4 heteroatoms. The Labute approximate surface area is 108 Å². The number of hydrogen-bond acceptors (Lipinski definition) is 4. The minimum Gasteiger partial charge on any atom is -0.432 e. The Kier molecular flexibility index (Phi) is 5.13. The van der Waals surface area contributed by atoms with Crippen molar-refractivity contribution in [2.45, 2.75) is 39.5 Å². The van der Waals surface area contributed by atoms with Crippen LogP contribution in [0.4, 0.5) is 0 Å². The summed E-state index contributed by atoms with van der Waals surface area (Å²) in [6, 6.07) is 0. The van der Waals surface area contributed by atoms with Gasteiger partial charge in [-0.2, -0.15) is 0 Å². The zero-order valence-electron chi connectivity index (χ0n) is 11.0. The number of esters is 2. The maximum atomic E-state index is 11.9. The molecule has 0 aliphatic heterocycles. The van der Waals surface area contributed by atoms with E-state index in [1.165, 1.54) is 0 Å². The van der Waals surface area contributed by atoms with Crippen LogP contribution in [0, 0.1) is 11.8 Å². The summed E-state index contributed by atoms with van der Waals surface area (Å²) in [7, 11) is 0. The zero-order valence-corrected chi connectivity index (χ0v) is 11.0. The summed E-state index contributed by atoms with van der Waals surface area (Å²) < 4.78 is 10.0. The van der Waals surface area contributed by atoms with Crippen LogP contribution in [0.15, 0.2) is 24.7 Å². The SMILES string of the molecule is C=C(C)OC(=O)C1CCCCC1C(=O)OC(=C)C. The van der Waals surface area contributed by atoms with E-state index in [1.807, 2.05) is 0 Å². The van der Waals surface area contributed by atoms with Gasteiger partial charge in [0.25, 0.3) is 0 Å². The van der Waals surface area contributed by atoms with Crippen molar-refractivity contribution in [1.82, 2.24) is 0 Å². The first-order chi connectivity index (χ1) is 8.41. The highest BCUT2D eigenvalue weighted by Crippen LogP contribution is 2.32. The predicted octanol–water partition coefficient (Wildman–Crippen LogP) is 2.95. The second kappa shape index (κ2) is 6.38. The van der Waals surface area contributed by atoms with Gasteiger partial charge in [0, 0.05) is 0 Å².